The third-order valence-corrected chi connectivity index (χ3v) is 3.94. The predicted octanol–water partition coefficient (Wildman–Crippen LogP) is -0.917. The number of aliphatic carboxylic acids is 1. The average Bonchev–Trinajstić information content (AvgIpc) is 3.10. The Morgan fingerprint density at radius 3 is 2.65 bits per heavy atom. The highest BCUT2D eigenvalue weighted by molar-refractivity contribution is 6.34. The Bertz CT molecular complexity index is 985. The number of carboxylic acid groups (broad SMARTS) is 1. The maximum absolute atomic E-state index is 12.9. The minimum Gasteiger partial charge on any atom is -0.481 e. The van der Waals surface area contributed by atoms with E-state index < -0.39 is 12.6 Å². The second kappa shape index (κ2) is 7.31. The second-order valence-electron chi connectivity index (χ2n) is 5.97. The molecular weight excluding hydrogens is 330 g/mol. The molecule has 0 aliphatic rings. The standard InChI is InChI=1S/C18H16B2N2O4/c19-12-5-6-16(26-10-17(23)24)13(7-12)18(25)11-8-21-22(9-11)15-4-2-1-3-14(15)20/h1-9H,10,19-20H2,(H,23,24). The van der Waals surface area contributed by atoms with Crippen molar-refractivity contribution in [2.24, 2.45) is 0 Å². The lowest BCUT2D eigenvalue weighted by molar-refractivity contribution is -0.139. The van der Waals surface area contributed by atoms with Gasteiger partial charge in [-0.3, -0.25) is 4.79 Å². The number of ketones is 1. The lowest BCUT2D eigenvalue weighted by Gasteiger charge is -2.09. The van der Waals surface area contributed by atoms with Crippen molar-refractivity contribution < 1.29 is 19.4 Å². The van der Waals surface area contributed by atoms with Gasteiger partial charge in [-0.1, -0.05) is 41.3 Å². The van der Waals surface area contributed by atoms with Gasteiger partial charge in [0.2, 0.25) is 0 Å². The molecule has 0 saturated carbocycles. The van der Waals surface area contributed by atoms with E-state index in [1.165, 1.54) is 6.20 Å². The molecule has 0 aliphatic heterocycles. The monoisotopic (exact) mass is 346 g/mol. The number of rotatable bonds is 6. The fourth-order valence-corrected chi connectivity index (χ4v) is 2.63. The highest BCUT2D eigenvalue weighted by atomic mass is 16.5. The maximum Gasteiger partial charge on any atom is 0.341 e. The van der Waals surface area contributed by atoms with Crippen LogP contribution in [0.4, 0.5) is 0 Å². The molecule has 6 nitrogen and oxygen atoms in total. The molecule has 3 aromatic rings. The van der Waals surface area contributed by atoms with Crippen LogP contribution in [0.15, 0.2) is 54.9 Å². The highest BCUT2D eigenvalue weighted by Gasteiger charge is 2.18. The van der Waals surface area contributed by atoms with Gasteiger partial charge in [-0.25, -0.2) is 9.48 Å². The van der Waals surface area contributed by atoms with Crippen molar-refractivity contribution in [3.63, 3.8) is 0 Å². The van der Waals surface area contributed by atoms with Crippen LogP contribution in [0.2, 0.25) is 0 Å². The van der Waals surface area contributed by atoms with Gasteiger partial charge in [0, 0.05) is 6.20 Å². The molecule has 0 saturated heterocycles. The molecule has 1 N–H and O–H groups in total. The molecule has 0 fully saturated rings. The largest absolute Gasteiger partial charge is 0.481 e. The summed E-state index contributed by atoms with van der Waals surface area (Å²) in [5, 5.41) is 13.1. The number of carbonyl (C=O) groups excluding carboxylic acids is 1. The number of aromatic nitrogens is 2. The normalized spacial score (nSPS) is 10.5. The van der Waals surface area contributed by atoms with E-state index in [1.807, 2.05) is 40.0 Å². The number of nitrogens with zero attached hydrogens (tertiary/aromatic N) is 2. The summed E-state index contributed by atoms with van der Waals surface area (Å²) < 4.78 is 6.91. The van der Waals surface area contributed by atoms with E-state index >= 15 is 0 Å². The number of hydrogen-bond acceptors (Lipinski definition) is 4. The Hall–Kier alpha value is -3.28. The average molecular weight is 346 g/mol. The van der Waals surface area contributed by atoms with Gasteiger partial charge in [0.05, 0.1) is 23.0 Å². The van der Waals surface area contributed by atoms with Gasteiger partial charge in [0.1, 0.15) is 21.4 Å². The summed E-state index contributed by atoms with van der Waals surface area (Å²) in [4.78, 5) is 23.7. The highest BCUT2D eigenvalue weighted by Crippen LogP contribution is 2.21. The first-order valence-corrected chi connectivity index (χ1v) is 8.06. The fraction of sp³-hybridized carbons (Fsp3) is 0.0556. The van der Waals surface area contributed by atoms with E-state index in [0.29, 0.717) is 11.1 Å². The first-order valence-electron chi connectivity index (χ1n) is 8.06. The van der Waals surface area contributed by atoms with Crippen LogP contribution < -0.4 is 15.7 Å². The van der Waals surface area contributed by atoms with Crippen LogP contribution in [0, 0.1) is 0 Å². The Kier molecular flexibility index (Phi) is 4.93. The Labute approximate surface area is 152 Å². The number of ether oxygens (including phenoxy) is 1. The zero-order chi connectivity index (χ0) is 18.7. The predicted molar refractivity (Wildman–Crippen MR) is 103 cm³/mol. The van der Waals surface area contributed by atoms with E-state index in [2.05, 4.69) is 5.10 Å². The van der Waals surface area contributed by atoms with Crippen LogP contribution in [0.3, 0.4) is 0 Å². The topological polar surface area (TPSA) is 81.4 Å². The van der Waals surface area contributed by atoms with Gasteiger partial charge >= 0.3 is 5.97 Å². The zero-order valence-corrected chi connectivity index (χ0v) is 14.5. The van der Waals surface area contributed by atoms with Crippen LogP contribution in [0.25, 0.3) is 5.69 Å². The summed E-state index contributed by atoms with van der Waals surface area (Å²) in [6, 6.07) is 12.8. The summed E-state index contributed by atoms with van der Waals surface area (Å²) in [6.45, 7) is -0.508. The van der Waals surface area contributed by atoms with Crippen LogP contribution in [0.5, 0.6) is 5.75 Å². The molecular formula is C18H16B2N2O4. The van der Waals surface area contributed by atoms with Crippen LogP contribution in [-0.4, -0.2) is 48.9 Å². The number of para-hydroxylation sites is 1. The van der Waals surface area contributed by atoms with Crippen molar-refractivity contribution >= 4 is 38.4 Å². The van der Waals surface area contributed by atoms with Crippen molar-refractivity contribution in [1.29, 1.82) is 0 Å². The van der Waals surface area contributed by atoms with Gasteiger partial charge in [0.25, 0.3) is 0 Å². The molecule has 1 heterocycles. The molecule has 26 heavy (non-hydrogen) atoms. The second-order valence-corrected chi connectivity index (χ2v) is 5.97. The van der Waals surface area contributed by atoms with Crippen molar-refractivity contribution in [3.8, 4) is 11.4 Å². The van der Waals surface area contributed by atoms with Crippen LogP contribution in [0.1, 0.15) is 15.9 Å². The van der Waals surface area contributed by atoms with Gasteiger partial charge in [-0.05, 0) is 12.1 Å². The van der Waals surface area contributed by atoms with Crippen molar-refractivity contribution in [2.75, 3.05) is 6.61 Å². The third kappa shape index (κ3) is 3.69. The fourth-order valence-electron chi connectivity index (χ4n) is 2.63. The molecule has 0 aliphatic carbocycles. The van der Waals surface area contributed by atoms with Crippen molar-refractivity contribution in [1.82, 2.24) is 9.78 Å². The quantitative estimate of drug-likeness (QED) is 0.462. The van der Waals surface area contributed by atoms with Crippen LogP contribution >= 0.6 is 0 Å². The molecule has 1 aromatic heterocycles. The van der Waals surface area contributed by atoms with Gasteiger partial charge in [-0.2, -0.15) is 5.10 Å². The third-order valence-electron chi connectivity index (χ3n) is 3.94. The first-order chi connectivity index (χ1) is 12.5. The Morgan fingerprint density at radius 1 is 1.15 bits per heavy atom. The summed E-state index contributed by atoms with van der Waals surface area (Å²) in [5.41, 5.74) is 3.52. The molecule has 0 bridgehead atoms. The summed E-state index contributed by atoms with van der Waals surface area (Å²) >= 11 is 0. The first kappa shape index (κ1) is 17.5. The molecule has 2 aromatic carbocycles. The number of hydrogen-bond donors (Lipinski definition) is 1. The van der Waals surface area contributed by atoms with E-state index in [4.69, 9.17) is 9.84 Å². The number of benzene rings is 2. The maximum atomic E-state index is 12.9. The smallest absolute Gasteiger partial charge is 0.341 e. The summed E-state index contributed by atoms with van der Waals surface area (Å²) in [5.74, 6) is -1.13. The summed E-state index contributed by atoms with van der Waals surface area (Å²) in [6.07, 6.45) is 3.16. The molecule has 3 rings (SSSR count). The minimum atomic E-state index is -1.10. The molecule has 0 atom stereocenters. The van der Waals surface area contributed by atoms with Gasteiger partial charge in [0.15, 0.2) is 12.4 Å². The van der Waals surface area contributed by atoms with Crippen molar-refractivity contribution in [2.45, 2.75) is 0 Å². The minimum absolute atomic E-state index is 0.242. The number of carbonyl (C=O) groups is 2. The molecule has 128 valence electrons. The summed E-state index contributed by atoms with van der Waals surface area (Å²) in [7, 11) is 3.82. The van der Waals surface area contributed by atoms with E-state index in [-0.39, 0.29) is 11.5 Å². The zero-order valence-electron chi connectivity index (χ0n) is 14.5. The molecule has 0 amide bonds. The van der Waals surface area contributed by atoms with E-state index in [1.54, 1.807) is 29.1 Å². The Balaban J connectivity index is 1.94. The molecule has 0 radical (unpaired) electrons. The van der Waals surface area contributed by atoms with Gasteiger partial charge in [-0.15, -0.1) is 0 Å². The Morgan fingerprint density at radius 2 is 1.92 bits per heavy atom. The number of carboxylic acids is 1. The molecule has 8 heteroatoms. The lowest BCUT2D eigenvalue weighted by atomic mass is 9.92. The lowest BCUT2D eigenvalue weighted by Crippen LogP contribution is -2.15. The SMILES string of the molecule is Bc1ccc(OCC(=O)O)c(C(=O)c2cnn(-c3ccccc3B)c2)c1. The van der Waals surface area contributed by atoms with Crippen molar-refractivity contribution in [3.05, 3.63) is 66.0 Å². The van der Waals surface area contributed by atoms with E-state index in [0.717, 1.165) is 16.6 Å². The molecule has 0 spiro atoms. The molecule has 0 unspecified atom stereocenters. The van der Waals surface area contributed by atoms with Crippen LogP contribution in [-0.2, 0) is 4.79 Å². The van der Waals surface area contributed by atoms with E-state index in [9.17, 15) is 9.59 Å². The van der Waals surface area contributed by atoms with Gasteiger partial charge < -0.3 is 9.84 Å².